The minimum atomic E-state index is -1.25. The Morgan fingerprint density at radius 2 is 1.97 bits per heavy atom. The molecule has 1 fully saturated rings. The van der Waals surface area contributed by atoms with Gasteiger partial charge in [-0.1, -0.05) is 18.2 Å². The normalized spacial score (nSPS) is 23.2. The summed E-state index contributed by atoms with van der Waals surface area (Å²) in [5.74, 6) is 0.439. The first kappa shape index (κ1) is 20.5. The van der Waals surface area contributed by atoms with Crippen molar-refractivity contribution in [2.24, 2.45) is 0 Å². The second kappa shape index (κ2) is 8.24. The van der Waals surface area contributed by atoms with Crippen molar-refractivity contribution in [3.63, 3.8) is 0 Å². The van der Waals surface area contributed by atoms with Crippen LogP contribution in [0.5, 0.6) is 0 Å². The molecule has 0 aliphatic carbocycles. The van der Waals surface area contributed by atoms with Crippen LogP contribution in [0, 0.1) is 0 Å². The van der Waals surface area contributed by atoms with E-state index in [0.717, 1.165) is 5.39 Å². The molecule has 1 saturated heterocycles. The number of fused-ring (bicyclic) bond motifs is 2. The summed E-state index contributed by atoms with van der Waals surface area (Å²) in [7, 11) is 0. The van der Waals surface area contributed by atoms with Gasteiger partial charge >= 0.3 is 0 Å². The van der Waals surface area contributed by atoms with Gasteiger partial charge in [-0.2, -0.15) is 5.10 Å². The van der Waals surface area contributed by atoms with E-state index in [0.29, 0.717) is 35.5 Å². The number of aliphatic hydroxyl groups excluding tert-OH is 3. The lowest BCUT2D eigenvalue weighted by Crippen LogP contribution is -2.33. The molecule has 1 aliphatic rings. The maximum absolute atomic E-state index is 12.6. The largest absolute Gasteiger partial charge is 0.394 e. The molecule has 32 heavy (non-hydrogen) atoms. The maximum atomic E-state index is 12.6. The molecule has 0 unspecified atom stereocenters. The fraction of sp³-hybridized carbons (Fsp3) is 0.350. The zero-order valence-corrected chi connectivity index (χ0v) is 16.8. The highest BCUT2D eigenvalue weighted by atomic mass is 16.6. The lowest BCUT2D eigenvalue weighted by atomic mass is 10.1. The Kier molecular flexibility index (Phi) is 5.27. The molecule has 1 aromatic carbocycles. The van der Waals surface area contributed by atoms with Crippen molar-refractivity contribution < 1.29 is 20.1 Å². The molecule has 4 atom stereocenters. The summed E-state index contributed by atoms with van der Waals surface area (Å²) in [4.78, 5) is 25.3. The van der Waals surface area contributed by atoms with Gasteiger partial charge < -0.3 is 25.4 Å². The lowest BCUT2D eigenvalue weighted by Gasteiger charge is -2.16. The van der Waals surface area contributed by atoms with Crippen LogP contribution in [0.2, 0.25) is 0 Å². The summed E-state index contributed by atoms with van der Waals surface area (Å²) >= 11 is 0. The molecule has 0 radical (unpaired) electrons. The fourth-order valence-electron chi connectivity index (χ4n) is 3.84. The number of nitrogens with one attached hydrogen (secondary N) is 1. The highest BCUT2D eigenvalue weighted by Crippen LogP contribution is 2.32. The Hall–Kier alpha value is -3.45. The van der Waals surface area contributed by atoms with E-state index in [-0.39, 0.29) is 5.56 Å². The van der Waals surface area contributed by atoms with Gasteiger partial charge in [0.2, 0.25) is 0 Å². The van der Waals surface area contributed by atoms with Gasteiger partial charge in [0.15, 0.2) is 23.2 Å². The van der Waals surface area contributed by atoms with E-state index in [9.17, 15) is 20.1 Å². The summed E-state index contributed by atoms with van der Waals surface area (Å²) in [6, 6.07) is 7.27. The van der Waals surface area contributed by atoms with Crippen LogP contribution in [0.1, 0.15) is 6.23 Å². The first-order chi connectivity index (χ1) is 15.6. The molecule has 5 rings (SSSR count). The summed E-state index contributed by atoms with van der Waals surface area (Å²) in [5.41, 5.74) is 0.647. The number of ether oxygens (including phenoxy) is 1. The topological polar surface area (TPSA) is 160 Å². The van der Waals surface area contributed by atoms with E-state index in [1.54, 1.807) is 12.3 Å². The molecule has 0 bridgehead atoms. The third kappa shape index (κ3) is 3.39. The van der Waals surface area contributed by atoms with Crippen LogP contribution in [0.4, 0.5) is 5.82 Å². The van der Waals surface area contributed by atoms with Gasteiger partial charge in [-0.05, 0) is 6.07 Å². The summed E-state index contributed by atoms with van der Waals surface area (Å²) in [6.45, 7) is 0.244. The standard InChI is InChI=1S/C20H21N7O5/c28-8-13-15(29)16(30)20(32-13)26-10-24-14-17(22-9-23-18(14)26)21-5-6-27-19(31)12-4-2-1-3-11(12)7-25-27/h1-4,7,9-10,13,15-16,20,28-30H,5-6,8H2,(H,21,22,23)/t13-,15-,16-,20-/m1/s1. The first-order valence-corrected chi connectivity index (χ1v) is 10.1. The van der Waals surface area contributed by atoms with Gasteiger partial charge in [-0.3, -0.25) is 9.36 Å². The molecule has 4 aromatic rings. The third-order valence-electron chi connectivity index (χ3n) is 5.53. The number of rotatable bonds is 6. The van der Waals surface area contributed by atoms with Gasteiger partial charge in [-0.25, -0.2) is 19.6 Å². The molecule has 4 heterocycles. The van der Waals surface area contributed by atoms with Crippen molar-refractivity contribution in [2.75, 3.05) is 18.5 Å². The van der Waals surface area contributed by atoms with E-state index < -0.39 is 31.1 Å². The van der Waals surface area contributed by atoms with Crippen molar-refractivity contribution in [1.82, 2.24) is 29.3 Å². The van der Waals surface area contributed by atoms with Gasteiger partial charge in [0.1, 0.15) is 24.6 Å². The number of aromatic nitrogens is 6. The number of anilines is 1. The van der Waals surface area contributed by atoms with E-state index in [1.807, 2.05) is 18.2 Å². The molecule has 0 spiro atoms. The highest BCUT2D eigenvalue weighted by molar-refractivity contribution is 5.82. The number of benzene rings is 1. The van der Waals surface area contributed by atoms with Crippen LogP contribution in [0.3, 0.4) is 0 Å². The van der Waals surface area contributed by atoms with Crippen molar-refractivity contribution in [1.29, 1.82) is 0 Å². The SMILES string of the molecule is O=c1c2ccccc2cnn1CCNc1ncnc2c1ncn2[C@@H]1O[C@H](CO)[C@@H](O)[C@H]1O. The fourth-order valence-corrected chi connectivity index (χ4v) is 3.84. The van der Waals surface area contributed by atoms with Gasteiger partial charge in [0, 0.05) is 11.9 Å². The Morgan fingerprint density at radius 3 is 2.78 bits per heavy atom. The van der Waals surface area contributed by atoms with E-state index in [4.69, 9.17) is 4.74 Å². The predicted molar refractivity (Wildman–Crippen MR) is 113 cm³/mol. The minimum Gasteiger partial charge on any atom is -0.394 e. The Labute approximate surface area is 180 Å². The van der Waals surface area contributed by atoms with Crippen LogP contribution < -0.4 is 10.9 Å². The van der Waals surface area contributed by atoms with Crippen LogP contribution in [-0.2, 0) is 11.3 Å². The molecule has 0 amide bonds. The lowest BCUT2D eigenvalue weighted by molar-refractivity contribution is -0.0511. The van der Waals surface area contributed by atoms with Crippen molar-refractivity contribution in [2.45, 2.75) is 31.1 Å². The molecule has 4 N–H and O–H groups in total. The van der Waals surface area contributed by atoms with Gasteiger partial charge in [0.25, 0.3) is 5.56 Å². The minimum absolute atomic E-state index is 0.175. The smallest absolute Gasteiger partial charge is 0.274 e. The molecule has 3 aromatic heterocycles. The molecular weight excluding hydrogens is 418 g/mol. The molecule has 1 aliphatic heterocycles. The molecule has 0 saturated carbocycles. The Balaban J connectivity index is 1.35. The first-order valence-electron chi connectivity index (χ1n) is 10.1. The van der Waals surface area contributed by atoms with Crippen molar-refractivity contribution >= 4 is 27.8 Å². The number of nitrogens with zero attached hydrogens (tertiary/aromatic N) is 6. The number of hydrogen-bond acceptors (Lipinski definition) is 10. The van der Waals surface area contributed by atoms with Gasteiger partial charge in [-0.15, -0.1) is 0 Å². The predicted octanol–water partition coefficient (Wildman–Crippen LogP) is -0.740. The van der Waals surface area contributed by atoms with Crippen LogP contribution in [0.25, 0.3) is 21.9 Å². The van der Waals surface area contributed by atoms with Crippen LogP contribution >= 0.6 is 0 Å². The van der Waals surface area contributed by atoms with Gasteiger partial charge in [0.05, 0.1) is 31.1 Å². The summed E-state index contributed by atoms with van der Waals surface area (Å²) < 4.78 is 8.43. The zero-order valence-electron chi connectivity index (χ0n) is 16.8. The monoisotopic (exact) mass is 439 g/mol. The average molecular weight is 439 g/mol. The number of aliphatic hydroxyl groups is 3. The van der Waals surface area contributed by atoms with E-state index >= 15 is 0 Å². The van der Waals surface area contributed by atoms with E-state index in [1.165, 1.54) is 21.9 Å². The molecule has 166 valence electrons. The highest BCUT2D eigenvalue weighted by Gasteiger charge is 2.44. The quantitative estimate of drug-likeness (QED) is 0.301. The number of hydrogen-bond donors (Lipinski definition) is 4. The molecule has 12 heteroatoms. The Morgan fingerprint density at radius 1 is 1.12 bits per heavy atom. The van der Waals surface area contributed by atoms with Crippen molar-refractivity contribution in [3.05, 3.63) is 53.5 Å². The van der Waals surface area contributed by atoms with Crippen molar-refractivity contribution in [3.8, 4) is 0 Å². The number of imidazole rings is 1. The maximum Gasteiger partial charge on any atom is 0.274 e. The van der Waals surface area contributed by atoms with Crippen LogP contribution in [0.15, 0.2) is 47.9 Å². The molecule has 12 nitrogen and oxygen atoms in total. The second-order valence-electron chi connectivity index (χ2n) is 7.46. The van der Waals surface area contributed by atoms with E-state index in [2.05, 4.69) is 25.4 Å². The zero-order chi connectivity index (χ0) is 22.2. The summed E-state index contributed by atoms with van der Waals surface area (Å²) in [5, 5.41) is 38.4. The second-order valence-corrected chi connectivity index (χ2v) is 7.46. The molecular formula is C20H21N7O5. The third-order valence-corrected chi connectivity index (χ3v) is 5.53. The summed E-state index contributed by atoms with van der Waals surface area (Å²) in [6.07, 6.45) is 0.0963. The van der Waals surface area contributed by atoms with Crippen LogP contribution in [-0.4, -0.2) is 76.1 Å². The average Bonchev–Trinajstić information content (AvgIpc) is 3.37. The Bertz CT molecular complexity index is 1320.